The minimum atomic E-state index is -0.450. The third-order valence-corrected chi connectivity index (χ3v) is 2.66. The zero-order chi connectivity index (χ0) is 15.7. The molecule has 5 nitrogen and oxygen atoms in total. The van der Waals surface area contributed by atoms with E-state index in [1.807, 2.05) is 44.1 Å². The van der Waals surface area contributed by atoms with Gasteiger partial charge in [-0.15, -0.1) is 11.6 Å². The van der Waals surface area contributed by atoms with Crippen LogP contribution >= 0.6 is 11.6 Å². The van der Waals surface area contributed by atoms with Gasteiger partial charge in [-0.3, -0.25) is 4.79 Å². The van der Waals surface area contributed by atoms with Crippen molar-refractivity contribution in [2.24, 2.45) is 0 Å². The number of carbonyl (C=O) groups excluding carboxylic acids is 2. The Morgan fingerprint density at radius 3 is 2.30 bits per heavy atom. The summed E-state index contributed by atoms with van der Waals surface area (Å²) in [6.45, 7) is 3.35. The molecule has 0 heterocycles. The van der Waals surface area contributed by atoms with E-state index < -0.39 is 6.09 Å². The molecule has 0 aliphatic rings. The fraction of sp³-hybridized carbons (Fsp3) is 0.429. The molecule has 20 heavy (non-hydrogen) atoms. The van der Waals surface area contributed by atoms with Crippen molar-refractivity contribution in [3.8, 4) is 5.75 Å². The lowest BCUT2D eigenvalue weighted by atomic mass is 10.2. The molecule has 0 aliphatic carbocycles. The monoisotopic (exact) mass is 300 g/mol. The van der Waals surface area contributed by atoms with Crippen LogP contribution in [0.5, 0.6) is 5.75 Å². The normalized spacial score (nSPS) is 9.10. The Morgan fingerprint density at radius 1 is 1.35 bits per heavy atom. The number of nitrogens with one attached hydrogen (secondary N) is 1. The summed E-state index contributed by atoms with van der Waals surface area (Å²) in [7, 11) is 5.41. The number of alkyl halides is 1. The van der Waals surface area contributed by atoms with Crippen molar-refractivity contribution in [1.29, 1.82) is 0 Å². The second kappa shape index (κ2) is 9.20. The second-order valence-corrected chi connectivity index (χ2v) is 4.59. The topological polar surface area (TPSA) is 58.6 Å². The van der Waals surface area contributed by atoms with Gasteiger partial charge in [0.25, 0.3) is 0 Å². The van der Waals surface area contributed by atoms with E-state index in [2.05, 4.69) is 5.32 Å². The van der Waals surface area contributed by atoms with E-state index in [9.17, 15) is 9.59 Å². The lowest BCUT2D eigenvalue weighted by Crippen LogP contribution is -2.22. The van der Waals surface area contributed by atoms with E-state index in [1.54, 1.807) is 0 Å². The van der Waals surface area contributed by atoms with Crippen LogP contribution < -0.4 is 15.0 Å². The van der Waals surface area contributed by atoms with E-state index in [-0.39, 0.29) is 11.7 Å². The van der Waals surface area contributed by atoms with Gasteiger partial charge in [0.2, 0.25) is 0 Å². The first-order valence-electron chi connectivity index (χ1n) is 6.04. The van der Waals surface area contributed by atoms with Crippen molar-refractivity contribution >= 4 is 29.2 Å². The average Bonchev–Trinajstić information content (AvgIpc) is 2.41. The molecule has 0 unspecified atom stereocenters. The summed E-state index contributed by atoms with van der Waals surface area (Å²) in [5.41, 5.74) is 1.93. The third-order valence-electron chi connectivity index (χ3n) is 2.28. The van der Waals surface area contributed by atoms with Crippen LogP contribution in [0.3, 0.4) is 0 Å². The molecule has 0 aliphatic heterocycles. The highest BCUT2D eigenvalue weighted by molar-refractivity contribution is 6.27. The van der Waals surface area contributed by atoms with Gasteiger partial charge in [0.15, 0.2) is 0 Å². The van der Waals surface area contributed by atoms with Crippen LogP contribution in [0.25, 0.3) is 0 Å². The predicted octanol–water partition coefficient (Wildman–Crippen LogP) is 2.59. The number of carbonyl (C=O) groups is 2. The predicted molar refractivity (Wildman–Crippen MR) is 82.0 cm³/mol. The molecule has 0 atom stereocenters. The van der Waals surface area contributed by atoms with Gasteiger partial charge in [-0.2, -0.15) is 0 Å². The molecule has 0 spiro atoms. The largest absolute Gasteiger partial charge is 0.412 e. The molecule has 0 saturated heterocycles. The van der Waals surface area contributed by atoms with Crippen LogP contribution in [0.15, 0.2) is 18.2 Å². The van der Waals surface area contributed by atoms with Gasteiger partial charge in [-0.05, 0) is 25.5 Å². The Labute approximate surface area is 124 Å². The number of nitrogens with zero attached hydrogens (tertiary/aromatic N) is 1. The Balaban J connectivity index is 0.000000621. The first-order chi connectivity index (χ1) is 9.31. The van der Waals surface area contributed by atoms with Crippen molar-refractivity contribution in [2.45, 2.75) is 13.8 Å². The number of hydrogen-bond donors (Lipinski definition) is 1. The zero-order valence-electron chi connectivity index (χ0n) is 12.5. The zero-order valence-corrected chi connectivity index (χ0v) is 13.2. The number of halogens is 1. The molecular weight excluding hydrogens is 280 g/mol. The Hall–Kier alpha value is -1.75. The fourth-order valence-electron chi connectivity index (χ4n) is 1.13. The Morgan fingerprint density at radius 2 is 1.90 bits per heavy atom. The number of aryl methyl sites for hydroxylation is 1. The van der Waals surface area contributed by atoms with Crippen LogP contribution in [0, 0.1) is 6.92 Å². The molecule has 0 saturated carbocycles. The number of hydrogen-bond acceptors (Lipinski definition) is 4. The number of benzene rings is 1. The number of ether oxygens (including phenoxy) is 1. The molecule has 0 fully saturated rings. The molecule has 1 rings (SSSR count). The number of ketones is 1. The summed E-state index contributed by atoms with van der Waals surface area (Å²) >= 11 is 4.99. The number of Topliss-reactive ketones (excluding diaryl/α,β-unsaturated/α-hetero) is 1. The lowest BCUT2D eigenvalue weighted by Gasteiger charge is -2.15. The highest BCUT2D eigenvalue weighted by Gasteiger charge is 2.06. The molecular formula is C14H21ClN2O3. The van der Waals surface area contributed by atoms with Crippen molar-refractivity contribution in [3.05, 3.63) is 23.8 Å². The maximum atomic E-state index is 11.1. The van der Waals surface area contributed by atoms with E-state index in [4.69, 9.17) is 16.3 Å². The van der Waals surface area contributed by atoms with Crippen LogP contribution in [-0.4, -0.2) is 38.9 Å². The molecule has 112 valence electrons. The molecule has 1 aromatic rings. The second-order valence-electron chi connectivity index (χ2n) is 4.32. The quantitative estimate of drug-likeness (QED) is 0.872. The van der Waals surface area contributed by atoms with Gasteiger partial charge >= 0.3 is 6.09 Å². The van der Waals surface area contributed by atoms with Gasteiger partial charge in [-0.25, -0.2) is 4.79 Å². The van der Waals surface area contributed by atoms with Gasteiger partial charge < -0.3 is 15.0 Å². The van der Waals surface area contributed by atoms with Gasteiger partial charge in [0, 0.05) is 32.9 Å². The summed E-state index contributed by atoms with van der Waals surface area (Å²) < 4.78 is 5.11. The number of anilines is 1. The third kappa shape index (κ3) is 6.99. The van der Waals surface area contributed by atoms with Crippen molar-refractivity contribution in [2.75, 3.05) is 31.9 Å². The lowest BCUT2D eigenvalue weighted by molar-refractivity contribution is -0.114. The molecule has 6 heteroatoms. The molecule has 1 aromatic carbocycles. The standard InChI is InChI=1S/C11H16N2O2.C3H5ClO/c1-8-5-6-9(13(3)4)7-10(8)15-11(14)12-2;1-3(5)2-4/h5-7H,1-4H3,(H,12,14);2H2,1H3. The molecule has 0 aromatic heterocycles. The van der Waals surface area contributed by atoms with E-state index in [1.165, 1.54) is 14.0 Å². The van der Waals surface area contributed by atoms with E-state index in [0.717, 1.165) is 11.3 Å². The summed E-state index contributed by atoms with van der Waals surface area (Å²) in [6, 6.07) is 5.74. The highest BCUT2D eigenvalue weighted by atomic mass is 35.5. The molecule has 0 radical (unpaired) electrons. The highest BCUT2D eigenvalue weighted by Crippen LogP contribution is 2.24. The summed E-state index contributed by atoms with van der Waals surface area (Å²) in [5, 5.41) is 2.41. The van der Waals surface area contributed by atoms with E-state index in [0.29, 0.717) is 5.75 Å². The van der Waals surface area contributed by atoms with Crippen LogP contribution in [0.2, 0.25) is 0 Å². The van der Waals surface area contributed by atoms with Crippen molar-refractivity contribution in [1.82, 2.24) is 5.32 Å². The molecule has 0 bridgehead atoms. The first kappa shape index (κ1) is 18.2. The van der Waals surface area contributed by atoms with E-state index >= 15 is 0 Å². The summed E-state index contributed by atoms with van der Waals surface area (Å²) in [4.78, 5) is 22.7. The summed E-state index contributed by atoms with van der Waals surface area (Å²) in [5.74, 6) is 0.743. The maximum absolute atomic E-state index is 11.1. The van der Waals surface area contributed by atoms with Gasteiger partial charge in [0.1, 0.15) is 11.5 Å². The fourth-order valence-corrected chi connectivity index (χ4v) is 1.13. The van der Waals surface area contributed by atoms with Crippen LogP contribution in [-0.2, 0) is 4.79 Å². The minimum absolute atomic E-state index is 0.0201. The summed E-state index contributed by atoms with van der Waals surface area (Å²) in [6.07, 6.45) is -0.450. The molecule has 1 amide bonds. The average molecular weight is 301 g/mol. The number of amides is 1. The first-order valence-corrected chi connectivity index (χ1v) is 6.58. The molecule has 1 N–H and O–H groups in total. The maximum Gasteiger partial charge on any atom is 0.412 e. The number of rotatable bonds is 3. The van der Waals surface area contributed by atoms with Crippen LogP contribution in [0.1, 0.15) is 12.5 Å². The van der Waals surface area contributed by atoms with Gasteiger partial charge in [-0.1, -0.05) is 6.07 Å². The van der Waals surface area contributed by atoms with Crippen molar-refractivity contribution < 1.29 is 14.3 Å². The Kier molecular flexibility index (Phi) is 8.40. The van der Waals surface area contributed by atoms with Crippen LogP contribution in [0.4, 0.5) is 10.5 Å². The van der Waals surface area contributed by atoms with Gasteiger partial charge in [0.05, 0.1) is 5.88 Å². The smallest absolute Gasteiger partial charge is 0.410 e. The van der Waals surface area contributed by atoms with Crippen molar-refractivity contribution in [3.63, 3.8) is 0 Å². The SMILES string of the molecule is CC(=O)CCl.CNC(=O)Oc1cc(N(C)C)ccc1C. The Bertz CT molecular complexity index is 462. The minimum Gasteiger partial charge on any atom is -0.410 e.